The number of hydrogen-bond acceptors (Lipinski definition) is 4. The van der Waals surface area contributed by atoms with Gasteiger partial charge in [-0.3, -0.25) is 4.90 Å². The highest BCUT2D eigenvalue weighted by Gasteiger charge is 2.18. The Bertz CT molecular complexity index is 754. The van der Waals surface area contributed by atoms with Gasteiger partial charge in [0.1, 0.15) is 5.76 Å². The first-order chi connectivity index (χ1) is 12.0. The van der Waals surface area contributed by atoms with Crippen molar-refractivity contribution in [2.75, 3.05) is 31.5 Å². The zero-order valence-corrected chi connectivity index (χ0v) is 17.1. The number of hydrogen-bond donors (Lipinski definition) is 1. The third-order valence-corrected chi connectivity index (χ3v) is 5.28. The van der Waals surface area contributed by atoms with Crippen LogP contribution in [0.3, 0.4) is 0 Å². The van der Waals surface area contributed by atoms with Crippen molar-refractivity contribution in [3.63, 3.8) is 0 Å². The second kappa shape index (κ2) is 8.49. The van der Waals surface area contributed by atoms with Crippen molar-refractivity contribution in [2.45, 2.75) is 19.9 Å². The Balaban J connectivity index is 1.55. The maximum Gasteiger partial charge on any atom is 0.173 e. The Kier molecular flexibility index (Phi) is 6.33. The maximum absolute atomic E-state index is 6.27. The van der Waals surface area contributed by atoms with Gasteiger partial charge in [-0.1, -0.05) is 32.7 Å². The summed E-state index contributed by atoms with van der Waals surface area (Å²) >= 11 is 15.3. The molecule has 0 spiro atoms. The van der Waals surface area contributed by atoms with Gasteiger partial charge in [0.15, 0.2) is 5.11 Å². The topological polar surface area (TPSA) is 44.5 Å². The summed E-state index contributed by atoms with van der Waals surface area (Å²) in [6.07, 6.45) is 1.05. The van der Waals surface area contributed by atoms with E-state index in [1.807, 2.05) is 31.2 Å². The predicted octanol–water partition coefficient (Wildman–Crippen LogP) is 4.30. The number of anilines is 1. The monoisotopic (exact) mass is 442 g/mol. The largest absolute Gasteiger partial charge is 0.361 e. The van der Waals surface area contributed by atoms with Crippen molar-refractivity contribution in [1.82, 2.24) is 15.0 Å². The van der Waals surface area contributed by atoms with Crippen LogP contribution < -0.4 is 5.32 Å². The quantitative estimate of drug-likeness (QED) is 0.714. The number of halogens is 2. The van der Waals surface area contributed by atoms with Crippen molar-refractivity contribution < 1.29 is 4.52 Å². The summed E-state index contributed by atoms with van der Waals surface area (Å²) in [7, 11) is 0. The summed E-state index contributed by atoms with van der Waals surface area (Å²) in [4.78, 5) is 4.58. The Morgan fingerprint density at radius 1 is 1.32 bits per heavy atom. The smallest absolute Gasteiger partial charge is 0.173 e. The molecule has 134 valence electrons. The molecule has 0 saturated carbocycles. The van der Waals surface area contributed by atoms with Crippen LogP contribution in [0, 0.1) is 6.92 Å². The van der Waals surface area contributed by atoms with Crippen LogP contribution in [0.25, 0.3) is 0 Å². The lowest BCUT2D eigenvalue weighted by molar-refractivity contribution is 0.267. The Labute approximate surface area is 166 Å². The Hall–Kier alpha value is -1.15. The molecule has 25 heavy (non-hydrogen) atoms. The van der Waals surface area contributed by atoms with Crippen molar-refractivity contribution in [3.05, 3.63) is 45.2 Å². The van der Waals surface area contributed by atoms with E-state index in [-0.39, 0.29) is 0 Å². The standard InChI is InChI=1S/C17H20BrClN4OS/c1-12-9-14(21-24-12)11-22-5-2-6-23(8-7-22)17(25)20-16-4-3-13(18)10-15(16)19/h3-4,9-10H,2,5-8,11H2,1H3,(H,20,25). The molecule has 3 rings (SSSR count). The Morgan fingerprint density at radius 3 is 2.88 bits per heavy atom. The van der Waals surface area contributed by atoms with E-state index in [2.05, 4.69) is 36.2 Å². The van der Waals surface area contributed by atoms with Crippen LogP contribution in [0.5, 0.6) is 0 Å². The number of aromatic nitrogens is 1. The minimum absolute atomic E-state index is 0.648. The molecule has 1 aliphatic rings. The van der Waals surface area contributed by atoms with Gasteiger partial charge in [-0.25, -0.2) is 0 Å². The Morgan fingerprint density at radius 2 is 2.16 bits per heavy atom. The highest BCUT2D eigenvalue weighted by molar-refractivity contribution is 9.10. The zero-order chi connectivity index (χ0) is 17.8. The van der Waals surface area contributed by atoms with Crippen molar-refractivity contribution >= 4 is 50.5 Å². The number of thiocarbonyl (C=S) groups is 1. The van der Waals surface area contributed by atoms with Gasteiger partial charge >= 0.3 is 0 Å². The maximum atomic E-state index is 6.27. The summed E-state index contributed by atoms with van der Waals surface area (Å²) in [5.74, 6) is 0.850. The van der Waals surface area contributed by atoms with Crippen LogP contribution >= 0.6 is 39.7 Å². The first kappa shape index (κ1) is 18.6. The second-order valence-corrected chi connectivity index (χ2v) is 7.81. The van der Waals surface area contributed by atoms with Gasteiger partial charge in [0, 0.05) is 43.3 Å². The molecule has 0 aliphatic carbocycles. The fraction of sp³-hybridized carbons (Fsp3) is 0.412. The molecule has 5 nitrogen and oxygen atoms in total. The summed E-state index contributed by atoms with van der Waals surface area (Å²) < 4.78 is 6.10. The molecule has 1 aromatic carbocycles. The molecule has 8 heteroatoms. The molecule has 2 aromatic rings. The van der Waals surface area contributed by atoms with Gasteiger partial charge in [0.2, 0.25) is 0 Å². The molecule has 1 aromatic heterocycles. The molecule has 1 N–H and O–H groups in total. The van der Waals surface area contributed by atoms with Gasteiger partial charge in [-0.2, -0.15) is 0 Å². The predicted molar refractivity (Wildman–Crippen MR) is 108 cm³/mol. The fourth-order valence-electron chi connectivity index (χ4n) is 2.84. The van der Waals surface area contributed by atoms with Crippen molar-refractivity contribution in [2.24, 2.45) is 0 Å². The van der Waals surface area contributed by atoms with E-state index < -0.39 is 0 Å². The lowest BCUT2D eigenvalue weighted by atomic mass is 10.3. The lowest BCUT2D eigenvalue weighted by Crippen LogP contribution is -2.37. The molecule has 0 unspecified atom stereocenters. The summed E-state index contributed by atoms with van der Waals surface area (Å²) in [6.45, 7) is 6.47. The van der Waals surface area contributed by atoms with E-state index in [9.17, 15) is 0 Å². The van der Waals surface area contributed by atoms with Crippen LogP contribution in [-0.4, -0.2) is 46.2 Å². The highest BCUT2D eigenvalue weighted by atomic mass is 79.9. The molecule has 1 fully saturated rings. The SMILES string of the molecule is Cc1cc(CN2CCCN(C(=S)Nc3ccc(Br)cc3Cl)CC2)no1. The first-order valence-electron chi connectivity index (χ1n) is 8.17. The third kappa shape index (κ3) is 5.17. The molecule has 2 heterocycles. The average molecular weight is 444 g/mol. The van der Waals surface area contributed by atoms with E-state index in [0.29, 0.717) is 10.1 Å². The van der Waals surface area contributed by atoms with Gasteiger partial charge < -0.3 is 14.7 Å². The molecule has 0 atom stereocenters. The minimum Gasteiger partial charge on any atom is -0.361 e. The molecule has 0 radical (unpaired) electrons. The van der Waals surface area contributed by atoms with Crippen LogP contribution in [0.4, 0.5) is 5.69 Å². The van der Waals surface area contributed by atoms with Crippen LogP contribution in [-0.2, 0) is 6.54 Å². The van der Waals surface area contributed by atoms with E-state index in [0.717, 1.165) is 60.8 Å². The number of aryl methyl sites for hydroxylation is 1. The molecular weight excluding hydrogens is 424 g/mol. The zero-order valence-electron chi connectivity index (χ0n) is 14.0. The van der Waals surface area contributed by atoms with Gasteiger partial charge in [0.05, 0.1) is 16.4 Å². The number of rotatable bonds is 3. The van der Waals surface area contributed by atoms with Crippen molar-refractivity contribution in [3.8, 4) is 0 Å². The normalized spacial score (nSPS) is 15.9. The molecular formula is C17H20BrClN4OS. The van der Waals surface area contributed by atoms with Gasteiger partial charge in [-0.15, -0.1) is 0 Å². The first-order valence-corrected chi connectivity index (χ1v) is 9.75. The van der Waals surface area contributed by atoms with Crippen LogP contribution in [0.15, 0.2) is 33.3 Å². The summed E-state index contributed by atoms with van der Waals surface area (Å²) in [5.41, 5.74) is 1.81. The second-order valence-electron chi connectivity index (χ2n) is 6.10. The number of benzene rings is 1. The molecule has 0 bridgehead atoms. The highest BCUT2D eigenvalue weighted by Crippen LogP contribution is 2.26. The number of nitrogens with one attached hydrogen (secondary N) is 1. The van der Waals surface area contributed by atoms with E-state index >= 15 is 0 Å². The summed E-state index contributed by atoms with van der Waals surface area (Å²) in [6, 6.07) is 7.72. The van der Waals surface area contributed by atoms with E-state index in [1.165, 1.54) is 0 Å². The van der Waals surface area contributed by atoms with Crippen LogP contribution in [0.2, 0.25) is 5.02 Å². The van der Waals surface area contributed by atoms with Crippen LogP contribution in [0.1, 0.15) is 17.9 Å². The van der Waals surface area contributed by atoms with Gasteiger partial charge in [-0.05, 0) is 43.8 Å². The lowest BCUT2D eigenvalue weighted by Gasteiger charge is -2.24. The van der Waals surface area contributed by atoms with E-state index in [4.69, 9.17) is 28.3 Å². The molecule has 0 amide bonds. The average Bonchev–Trinajstić information content (AvgIpc) is 2.83. The fourth-order valence-corrected chi connectivity index (χ4v) is 3.85. The third-order valence-electron chi connectivity index (χ3n) is 4.11. The number of nitrogens with zero attached hydrogens (tertiary/aromatic N) is 3. The van der Waals surface area contributed by atoms with Gasteiger partial charge in [0.25, 0.3) is 0 Å². The molecule has 1 saturated heterocycles. The minimum atomic E-state index is 0.648. The van der Waals surface area contributed by atoms with Crippen molar-refractivity contribution in [1.29, 1.82) is 0 Å². The van der Waals surface area contributed by atoms with E-state index in [1.54, 1.807) is 0 Å². The summed E-state index contributed by atoms with van der Waals surface area (Å²) in [5, 5.41) is 8.70. The molecule has 1 aliphatic heterocycles.